The first-order chi connectivity index (χ1) is 9.13. The van der Waals surface area contributed by atoms with E-state index in [2.05, 4.69) is 18.8 Å². The number of amides is 1. The van der Waals surface area contributed by atoms with Crippen molar-refractivity contribution in [3.05, 3.63) is 34.9 Å². The Hall–Kier alpha value is -1.79. The molecule has 0 fully saturated rings. The number of aliphatic hydroxyl groups is 1. The fraction of sp³-hybridized carbons (Fsp3) is 0.438. The van der Waals surface area contributed by atoms with Crippen LogP contribution in [0, 0.1) is 18.8 Å². The molecular formula is C16H21NO2. The van der Waals surface area contributed by atoms with Crippen LogP contribution in [-0.4, -0.2) is 35.6 Å². The van der Waals surface area contributed by atoms with Crippen molar-refractivity contribution in [2.75, 3.05) is 19.7 Å². The molecule has 0 aromatic heterocycles. The van der Waals surface area contributed by atoms with Crippen molar-refractivity contribution >= 4 is 5.91 Å². The van der Waals surface area contributed by atoms with Crippen LogP contribution in [-0.2, 0) is 0 Å². The highest BCUT2D eigenvalue weighted by molar-refractivity contribution is 5.96. The molecule has 0 spiro atoms. The quantitative estimate of drug-likeness (QED) is 0.842. The number of benzene rings is 1. The van der Waals surface area contributed by atoms with E-state index in [1.54, 1.807) is 0 Å². The van der Waals surface area contributed by atoms with Crippen LogP contribution in [0.25, 0.3) is 0 Å². The molecule has 1 N–H and O–H groups in total. The summed E-state index contributed by atoms with van der Waals surface area (Å²) in [5.74, 6) is 5.48. The third-order valence-corrected chi connectivity index (χ3v) is 2.87. The Morgan fingerprint density at radius 3 is 2.68 bits per heavy atom. The SMILES string of the molecule is CCCN(CC)C(=O)c1ccc(C)cc1C#CCO. The van der Waals surface area contributed by atoms with E-state index in [0.717, 1.165) is 18.5 Å². The van der Waals surface area contributed by atoms with Gasteiger partial charge in [-0.1, -0.05) is 24.8 Å². The van der Waals surface area contributed by atoms with Crippen LogP contribution in [0.5, 0.6) is 0 Å². The molecule has 0 aliphatic heterocycles. The van der Waals surface area contributed by atoms with Crippen molar-refractivity contribution in [3.63, 3.8) is 0 Å². The van der Waals surface area contributed by atoms with Gasteiger partial charge in [0.15, 0.2) is 0 Å². The lowest BCUT2D eigenvalue weighted by atomic mass is 10.0. The van der Waals surface area contributed by atoms with Crippen molar-refractivity contribution in [2.24, 2.45) is 0 Å². The zero-order valence-corrected chi connectivity index (χ0v) is 11.9. The van der Waals surface area contributed by atoms with Gasteiger partial charge in [0.1, 0.15) is 6.61 Å². The smallest absolute Gasteiger partial charge is 0.255 e. The Bertz CT molecular complexity index is 497. The fourth-order valence-electron chi connectivity index (χ4n) is 1.93. The second kappa shape index (κ2) is 7.60. The average Bonchev–Trinajstić information content (AvgIpc) is 2.42. The first-order valence-electron chi connectivity index (χ1n) is 6.63. The van der Waals surface area contributed by atoms with Gasteiger partial charge >= 0.3 is 0 Å². The predicted molar refractivity (Wildman–Crippen MR) is 77.0 cm³/mol. The number of hydrogen-bond donors (Lipinski definition) is 1. The molecule has 3 heteroatoms. The van der Waals surface area contributed by atoms with Crippen molar-refractivity contribution in [1.29, 1.82) is 0 Å². The third kappa shape index (κ3) is 4.11. The van der Waals surface area contributed by atoms with E-state index >= 15 is 0 Å². The number of carbonyl (C=O) groups is 1. The molecule has 0 atom stereocenters. The molecule has 1 rings (SSSR count). The van der Waals surface area contributed by atoms with Crippen LogP contribution in [0.2, 0.25) is 0 Å². The number of nitrogens with zero attached hydrogens (tertiary/aromatic N) is 1. The molecule has 0 aliphatic carbocycles. The van der Waals surface area contributed by atoms with Crippen molar-refractivity contribution in [2.45, 2.75) is 27.2 Å². The fourth-order valence-corrected chi connectivity index (χ4v) is 1.93. The number of rotatable bonds is 4. The lowest BCUT2D eigenvalue weighted by Crippen LogP contribution is -2.32. The molecule has 0 aliphatic rings. The highest BCUT2D eigenvalue weighted by atomic mass is 16.2. The summed E-state index contributed by atoms with van der Waals surface area (Å²) in [6, 6.07) is 5.62. The number of aliphatic hydroxyl groups excluding tert-OH is 1. The molecule has 0 saturated carbocycles. The summed E-state index contributed by atoms with van der Waals surface area (Å²) in [5, 5.41) is 8.80. The Balaban J connectivity index is 3.14. The summed E-state index contributed by atoms with van der Waals surface area (Å²) in [4.78, 5) is 14.3. The monoisotopic (exact) mass is 259 g/mol. The molecule has 0 heterocycles. The maximum atomic E-state index is 12.5. The third-order valence-electron chi connectivity index (χ3n) is 2.87. The largest absolute Gasteiger partial charge is 0.384 e. The van der Waals surface area contributed by atoms with Gasteiger partial charge in [-0.3, -0.25) is 4.79 Å². The Morgan fingerprint density at radius 1 is 1.37 bits per heavy atom. The predicted octanol–water partition coefficient (Wildman–Crippen LogP) is 2.21. The highest BCUT2D eigenvalue weighted by Gasteiger charge is 2.16. The van der Waals surface area contributed by atoms with Crippen LogP contribution in [0.3, 0.4) is 0 Å². The first-order valence-corrected chi connectivity index (χ1v) is 6.63. The minimum atomic E-state index is -0.200. The van der Waals surface area contributed by atoms with E-state index in [-0.39, 0.29) is 12.5 Å². The van der Waals surface area contributed by atoms with Crippen LogP contribution < -0.4 is 0 Å². The van der Waals surface area contributed by atoms with Crippen LogP contribution in [0.1, 0.15) is 41.8 Å². The summed E-state index contributed by atoms with van der Waals surface area (Å²) in [6.07, 6.45) is 0.934. The van der Waals surface area contributed by atoms with E-state index in [0.29, 0.717) is 17.7 Å². The average molecular weight is 259 g/mol. The molecule has 1 aromatic rings. The second-order valence-electron chi connectivity index (χ2n) is 4.39. The van der Waals surface area contributed by atoms with E-state index in [1.165, 1.54) is 0 Å². The van der Waals surface area contributed by atoms with Gasteiger partial charge in [-0.05, 0) is 38.0 Å². The van der Waals surface area contributed by atoms with Crippen LogP contribution >= 0.6 is 0 Å². The van der Waals surface area contributed by atoms with Gasteiger partial charge in [0.25, 0.3) is 5.91 Å². The Kier molecular flexibility index (Phi) is 6.11. The zero-order valence-electron chi connectivity index (χ0n) is 11.9. The van der Waals surface area contributed by atoms with Crippen LogP contribution in [0.4, 0.5) is 0 Å². The van der Waals surface area contributed by atoms with Crippen molar-refractivity contribution in [3.8, 4) is 11.8 Å². The molecule has 0 saturated heterocycles. The maximum Gasteiger partial charge on any atom is 0.255 e. The summed E-state index contributed by atoms with van der Waals surface area (Å²) in [5.41, 5.74) is 2.35. The van der Waals surface area contributed by atoms with Gasteiger partial charge < -0.3 is 10.0 Å². The summed E-state index contributed by atoms with van der Waals surface area (Å²) in [6.45, 7) is 7.22. The van der Waals surface area contributed by atoms with Gasteiger partial charge in [0.05, 0.1) is 5.56 Å². The van der Waals surface area contributed by atoms with Gasteiger partial charge in [0.2, 0.25) is 0 Å². The van der Waals surface area contributed by atoms with Crippen molar-refractivity contribution < 1.29 is 9.90 Å². The lowest BCUT2D eigenvalue weighted by Gasteiger charge is -2.21. The number of carbonyl (C=O) groups excluding carboxylic acids is 1. The van der Waals surface area contributed by atoms with E-state index in [1.807, 2.05) is 36.9 Å². The minimum Gasteiger partial charge on any atom is -0.384 e. The van der Waals surface area contributed by atoms with Gasteiger partial charge in [-0.2, -0.15) is 0 Å². The highest BCUT2D eigenvalue weighted by Crippen LogP contribution is 2.14. The molecule has 1 amide bonds. The Morgan fingerprint density at radius 2 is 2.11 bits per heavy atom. The summed E-state index contributed by atoms with van der Waals surface area (Å²) >= 11 is 0. The summed E-state index contributed by atoms with van der Waals surface area (Å²) in [7, 11) is 0. The Labute approximate surface area is 115 Å². The summed E-state index contributed by atoms with van der Waals surface area (Å²) < 4.78 is 0. The van der Waals surface area contributed by atoms with Gasteiger partial charge in [-0.15, -0.1) is 0 Å². The molecule has 0 bridgehead atoms. The molecule has 1 aromatic carbocycles. The van der Waals surface area contributed by atoms with E-state index in [4.69, 9.17) is 5.11 Å². The van der Waals surface area contributed by atoms with Crippen molar-refractivity contribution in [1.82, 2.24) is 4.90 Å². The number of aryl methyl sites for hydroxylation is 1. The zero-order chi connectivity index (χ0) is 14.3. The minimum absolute atomic E-state index is 0.00610. The standard InChI is InChI=1S/C16H21NO2/c1-4-10-17(5-2)16(19)15-9-8-13(3)12-14(15)7-6-11-18/h8-9,12,18H,4-5,10-11H2,1-3H3. The molecule has 0 unspecified atom stereocenters. The molecule has 19 heavy (non-hydrogen) atoms. The normalized spacial score (nSPS) is 9.68. The molecule has 3 nitrogen and oxygen atoms in total. The first kappa shape index (κ1) is 15.3. The molecule has 102 valence electrons. The second-order valence-corrected chi connectivity index (χ2v) is 4.39. The number of hydrogen-bond acceptors (Lipinski definition) is 2. The molecule has 0 radical (unpaired) electrons. The van der Waals surface area contributed by atoms with Gasteiger partial charge in [0, 0.05) is 18.7 Å². The lowest BCUT2D eigenvalue weighted by molar-refractivity contribution is 0.0764. The van der Waals surface area contributed by atoms with Crippen LogP contribution in [0.15, 0.2) is 18.2 Å². The topological polar surface area (TPSA) is 40.5 Å². The van der Waals surface area contributed by atoms with E-state index in [9.17, 15) is 4.79 Å². The van der Waals surface area contributed by atoms with E-state index < -0.39 is 0 Å². The maximum absolute atomic E-state index is 12.5. The van der Waals surface area contributed by atoms with Gasteiger partial charge in [-0.25, -0.2) is 0 Å². The molecular weight excluding hydrogens is 238 g/mol.